The van der Waals surface area contributed by atoms with Gasteiger partial charge in [0.15, 0.2) is 5.16 Å². The summed E-state index contributed by atoms with van der Waals surface area (Å²) in [7, 11) is 0.368. The fourth-order valence-electron chi connectivity index (χ4n) is 12.0. The summed E-state index contributed by atoms with van der Waals surface area (Å²) in [5, 5.41) is 0.258. The average Bonchev–Trinajstić information content (AvgIpc) is 3.96. The SMILES string of the molecule is COC(=O)C1=C(N=P(c2ccccc2)(c2ccccc2)c2ccccc2)N2P3[C@@]1(C(=O)OC)C1(C)C2(C)[C@@]2(C)C(C(=O)OC)=C(C(=O)OC)[C@]1(C)[C@@]32C.[C-]#[O+].[C-]#[O+].[C-]#[O+].[C-]#[O+].[C-]#[O+].[W]. The third kappa shape index (κ3) is 5.87. The fraction of sp³-hybridized carbons (Fsp3) is 0.326. The van der Waals surface area contributed by atoms with Gasteiger partial charge in [0.05, 0.1) is 52.2 Å². The van der Waals surface area contributed by atoms with Gasteiger partial charge in [-0.15, -0.1) is 0 Å². The molecule has 15 nitrogen and oxygen atoms in total. The molecule has 64 heavy (non-hydrogen) atoms. The van der Waals surface area contributed by atoms with Crippen LogP contribution < -0.4 is 15.9 Å². The first-order valence-electron chi connectivity index (χ1n) is 18.5. The molecule has 7 atom stereocenters. The number of hydrogen-bond acceptors (Lipinski definition) is 10. The number of esters is 4. The van der Waals surface area contributed by atoms with E-state index in [2.05, 4.69) is 88.2 Å². The molecule has 8 bridgehead atoms. The van der Waals surface area contributed by atoms with Crippen LogP contribution in [0.2, 0.25) is 0 Å². The molecule has 3 saturated heterocycles. The minimum atomic E-state index is -3.02. The van der Waals surface area contributed by atoms with Gasteiger partial charge in [-0.3, -0.25) is 4.79 Å². The maximum absolute atomic E-state index is 15.1. The maximum atomic E-state index is 15.1. The minimum absolute atomic E-state index is 0. The summed E-state index contributed by atoms with van der Waals surface area (Å²) in [6.45, 7) is 32.5. The van der Waals surface area contributed by atoms with Gasteiger partial charge in [-0.2, -0.15) is 0 Å². The second-order valence-electron chi connectivity index (χ2n) is 15.0. The van der Waals surface area contributed by atoms with Gasteiger partial charge in [-0.1, -0.05) is 119 Å². The summed E-state index contributed by atoms with van der Waals surface area (Å²) in [5.41, 5.74) is -3.97. The maximum Gasteiger partial charge on any atom is 0 e. The molecule has 0 amide bonds. The Bertz CT molecular complexity index is 2400. The van der Waals surface area contributed by atoms with Crippen molar-refractivity contribution in [2.75, 3.05) is 28.4 Å². The Morgan fingerprint density at radius 1 is 0.547 bits per heavy atom. The fourth-order valence-corrected chi connectivity index (χ4v) is 21.1. The zero-order valence-electron chi connectivity index (χ0n) is 36.2. The van der Waals surface area contributed by atoms with Crippen LogP contribution in [0.5, 0.6) is 0 Å². The van der Waals surface area contributed by atoms with Crippen molar-refractivity contribution in [3.8, 4) is 0 Å². The number of methoxy groups -OCH3 is 4. The van der Waals surface area contributed by atoms with Gasteiger partial charge in [-0.25, -0.2) is 19.1 Å². The summed E-state index contributed by atoms with van der Waals surface area (Å²) >= 11 is 0. The second kappa shape index (κ2) is 20.4. The van der Waals surface area contributed by atoms with E-state index in [0.717, 1.165) is 15.9 Å². The van der Waals surface area contributed by atoms with Crippen molar-refractivity contribution in [3.05, 3.63) is 147 Å². The zero-order valence-corrected chi connectivity index (χ0v) is 40.9. The summed E-state index contributed by atoms with van der Waals surface area (Å²) < 4.78 is 67.8. The van der Waals surface area contributed by atoms with E-state index in [9.17, 15) is 14.4 Å². The van der Waals surface area contributed by atoms with E-state index in [4.69, 9.17) is 47.0 Å². The first-order valence-corrected chi connectivity index (χ1v) is 21.5. The molecule has 4 heterocycles. The first kappa shape index (κ1) is 55.0. The predicted molar refractivity (Wildman–Crippen MR) is 222 cm³/mol. The number of rotatable bonds is 8. The monoisotopic (exact) mass is 1080 g/mol. The quantitative estimate of drug-likeness (QED) is 0.0948. The summed E-state index contributed by atoms with van der Waals surface area (Å²) in [5.74, 6) is -2.25. The topological polar surface area (TPSA) is 220 Å². The Balaban J connectivity index is 0.00000120. The Kier molecular flexibility index (Phi) is 17.5. The van der Waals surface area contributed by atoms with Crippen LogP contribution in [0.25, 0.3) is 0 Å². The van der Waals surface area contributed by atoms with Crippen LogP contribution >= 0.6 is 15.1 Å². The minimum Gasteiger partial charge on any atom is 0 e. The van der Waals surface area contributed by atoms with Crippen LogP contribution in [0.4, 0.5) is 0 Å². The smallest absolute Gasteiger partial charge is 0 e. The molecule has 3 aromatic carbocycles. The molecule has 0 N–H and O–H groups in total. The molecule has 4 aliphatic heterocycles. The molecule has 2 aliphatic carbocycles. The standard InChI is InChI=1S/C41H42N2O8P2.5CO.W/c1-36-28(32(44)48-6)29(33(45)49-7)37(2)39(4)38(36,3)41(35(47)51-9)30(34(46)50-8)31(43(39)52(41)40(36,37)5)42-53(25-19-13-10-14-20-25,26-21-15-11-16-22-26)27-23-17-12-18-24-27;5*1-2;/h10-24H,1-9H3;;;;;;/t36-,37+,38?,39?,40+,41-,52?;;;;;;/m0....../s1. The number of benzene rings is 3. The van der Waals surface area contributed by atoms with Gasteiger partial charge < -0.3 is 23.6 Å². The van der Waals surface area contributed by atoms with Crippen molar-refractivity contribution < 1.29 is 82.5 Å². The molecule has 0 spiro atoms. The average molecular weight is 1080 g/mol. The Hall–Kier alpha value is -5.13. The number of ether oxygens (including phenoxy) is 4. The van der Waals surface area contributed by atoms with Crippen LogP contribution in [-0.2, 0) is 82.5 Å². The zero-order chi connectivity index (χ0) is 48.1. The predicted octanol–water partition coefficient (Wildman–Crippen LogP) is 5.22. The van der Waals surface area contributed by atoms with Gasteiger partial charge >= 0.3 is 80.4 Å². The van der Waals surface area contributed by atoms with E-state index in [0.29, 0.717) is 5.82 Å². The van der Waals surface area contributed by atoms with Crippen molar-refractivity contribution >= 4 is 54.9 Å². The van der Waals surface area contributed by atoms with Crippen LogP contribution in [-0.4, -0.2) is 72.8 Å². The Labute approximate surface area is 387 Å². The molecule has 9 rings (SSSR count). The van der Waals surface area contributed by atoms with Crippen LogP contribution in [0, 0.1) is 49.5 Å². The van der Waals surface area contributed by atoms with E-state index >= 15 is 4.79 Å². The van der Waals surface area contributed by atoms with Gasteiger partial charge in [-0.05, 0) is 6.92 Å². The summed E-state index contributed by atoms with van der Waals surface area (Å²) in [6.07, 6.45) is 0. The molecule has 0 radical (unpaired) electrons. The van der Waals surface area contributed by atoms with Crippen molar-refractivity contribution in [2.45, 2.75) is 50.5 Å². The van der Waals surface area contributed by atoms with Crippen molar-refractivity contribution in [1.82, 2.24) is 4.67 Å². The van der Waals surface area contributed by atoms with Gasteiger partial charge in [0.1, 0.15) is 11.4 Å². The molecule has 330 valence electrons. The third-order valence-electron chi connectivity index (χ3n) is 14.3. The number of hydrogen-bond donors (Lipinski definition) is 0. The first-order chi connectivity index (χ1) is 30.2. The summed E-state index contributed by atoms with van der Waals surface area (Å²) in [6, 6.07) is 30.1. The molecular weight excluding hydrogens is 1030 g/mol. The van der Waals surface area contributed by atoms with E-state index in [1.807, 2.05) is 75.4 Å². The second-order valence-corrected chi connectivity index (χ2v) is 20.6. The van der Waals surface area contributed by atoms with Crippen LogP contribution in [0.1, 0.15) is 34.6 Å². The van der Waals surface area contributed by atoms with Crippen molar-refractivity contribution in [1.29, 1.82) is 0 Å². The Morgan fingerprint density at radius 2 is 0.875 bits per heavy atom. The molecule has 4 fully saturated rings. The van der Waals surface area contributed by atoms with Crippen LogP contribution in [0.3, 0.4) is 0 Å². The molecule has 18 heteroatoms. The normalized spacial score (nSPS) is 28.4. The van der Waals surface area contributed by atoms with E-state index in [1.165, 1.54) is 28.4 Å². The third-order valence-corrected chi connectivity index (χ3v) is 22.1. The Morgan fingerprint density at radius 3 is 1.20 bits per heavy atom. The molecule has 1 saturated carbocycles. The molecule has 6 aliphatic rings. The molecule has 3 aromatic rings. The molecule has 0 aromatic heterocycles. The van der Waals surface area contributed by atoms with Crippen LogP contribution in [0.15, 0.2) is 118 Å². The van der Waals surface area contributed by atoms with Gasteiger partial charge in [0, 0.05) is 66.5 Å². The van der Waals surface area contributed by atoms with Crippen molar-refractivity contribution in [2.24, 2.45) is 21.0 Å². The van der Waals surface area contributed by atoms with E-state index in [1.54, 1.807) is 0 Å². The number of carbonyl (C=O) groups excluding carboxylic acids is 4. The molecule has 3 unspecified atom stereocenters. The number of nitrogens with zero attached hydrogens (tertiary/aromatic N) is 2. The van der Waals surface area contributed by atoms with Crippen molar-refractivity contribution in [3.63, 3.8) is 0 Å². The number of carbonyl (C=O) groups is 4. The largest absolute Gasteiger partial charge is 0 e. The van der Waals surface area contributed by atoms with Gasteiger partial charge in [0.2, 0.25) is 0 Å². The summed E-state index contributed by atoms with van der Waals surface area (Å²) in [4.78, 5) is 57.9. The van der Waals surface area contributed by atoms with E-state index < -0.39 is 71.1 Å². The molecular formula is C46H42N2O13P2W. The van der Waals surface area contributed by atoms with Gasteiger partial charge in [0.25, 0.3) is 0 Å². The van der Waals surface area contributed by atoms with E-state index in [-0.39, 0.29) is 37.8 Å².